The second-order valence-corrected chi connectivity index (χ2v) is 4.12. The number of carbonyl (C=O) groups is 1. The summed E-state index contributed by atoms with van der Waals surface area (Å²) in [6, 6.07) is 7.32. The molecule has 0 radical (unpaired) electrons. The number of aromatic nitrogens is 1. The number of amides is 1. The summed E-state index contributed by atoms with van der Waals surface area (Å²) in [6.07, 6.45) is 2.86. The minimum atomic E-state index is -0.548. The van der Waals surface area contributed by atoms with Gasteiger partial charge in [0.1, 0.15) is 11.9 Å². The highest BCUT2D eigenvalue weighted by atomic mass is 16.6. The second-order valence-electron chi connectivity index (χ2n) is 4.12. The van der Waals surface area contributed by atoms with Crippen molar-refractivity contribution in [3.8, 4) is 11.7 Å². The van der Waals surface area contributed by atoms with Gasteiger partial charge in [0, 0.05) is 0 Å². The summed E-state index contributed by atoms with van der Waals surface area (Å²) in [5, 5.41) is 3.84. The molecule has 0 aliphatic rings. The predicted octanol–water partition coefficient (Wildman–Crippen LogP) is 2.24. The summed E-state index contributed by atoms with van der Waals surface area (Å²) in [5.41, 5.74) is 3.16. The first-order chi connectivity index (χ1) is 10.7. The van der Waals surface area contributed by atoms with E-state index in [-0.39, 0.29) is 11.8 Å². The van der Waals surface area contributed by atoms with Crippen molar-refractivity contribution in [2.45, 2.75) is 13.8 Å². The van der Waals surface area contributed by atoms with Crippen LogP contribution in [0.2, 0.25) is 0 Å². The third-order valence-electron chi connectivity index (χ3n) is 2.54. The number of rotatable bonds is 7. The second kappa shape index (κ2) is 7.82. The van der Waals surface area contributed by atoms with E-state index in [0.717, 1.165) is 11.3 Å². The Morgan fingerprint density at radius 2 is 2.00 bits per heavy atom. The lowest BCUT2D eigenvalue weighted by Crippen LogP contribution is -2.17. The lowest BCUT2D eigenvalue weighted by atomic mass is 10.2. The van der Waals surface area contributed by atoms with Crippen LogP contribution >= 0.6 is 0 Å². The van der Waals surface area contributed by atoms with Gasteiger partial charge in [-0.25, -0.2) is 10.4 Å². The molecule has 0 spiro atoms. The van der Waals surface area contributed by atoms with Gasteiger partial charge in [0.2, 0.25) is 0 Å². The summed E-state index contributed by atoms with van der Waals surface area (Å²) in [4.78, 5) is 15.5. The molecule has 1 heterocycles. The van der Waals surface area contributed by atoms with Crippen LogP contribution in [0.1, 0.15) is 30.1 Å². The Morgan fingerprint density at radius 3 is 2.68 bits per heavy atom. The van der Waals surface area contributed by atoms with E-state index in [4.69, 9.17) is 13.9 Å². The number of benzene rings is 1. The van der Waals surface area contributed by atoms with Gasteiger partial charge in [-0.15, -0.1) is 0 Å². The zero-order valence-electron chi connectivity index (χ0n) is 12.4. The van der Waals surface area contributed by atoms with Crippen LogP contribution in [0.4, 0.5) is 0 Å². The highest BCUT2D eigenvalue weighted by Gasteiger charge is 2.12. The molecule has 22 heavy (non-hydrogen) atoms. The number of hydrogen-bond acceptors (Lipinski definition) is 6. The Balaban J connectivity index is 1.89. The van der Waals surface area contributed by atoms with E-state index in [2.05, 4.69) is 15.5 Å². The highest BCUT2D eigenvalue weighted by molar-refractivity contribution is 5.90. The number of nitrogens with zero attached hydrogens (tertiary/aromatic N) is 2. The van der Waals surface area contributed by atoms with E-state index in [1.807, 2.05) is 38.1 Å². The van der Waals surface area contributed by atoms with Gasteiger partial charge in [0.25, 0.3) is 5.89 Å². The number of hydrogen-bond donors (Lipinski definition) is 1. The van der Waals surface area contributed by atoms with E-state index in [1.165, 1.54) is 12.4 Å². The number of carbonyl (C=O) groups excluding carboxylic acids is 1. The maximum atomic E-state index is 11.7. The SMILES string of the molecule is CCOc1ccc(/C=N\NC(=O)c2ncc(OCC)o2)cc1. The normalized spacial score (nSPS) is 10.6. The lowest BCUT2D eigenvalue weighted by Gasteiger charge is -2.02. The van der Waals surface area contributed by atoms with Crippen molar-refractivity contribution in [2.75, 3.05) is 13.2 Å². The van der Waals surface area contributed by atoms with Gasteiger partial charge in [-0.2, -0.15) is 5.10 Å². The van der Waals surface area contributed by atoms with Gasteiger partial charge < -0.3 is 13.9 Å². The first kappa shape index (κ1) is 15.6. The molecule has 1 aromatic heterocycles. The largest absolute Gasteiger partial charge is 0.494 e. The van der Waals surface area contributed by atoms with E-state index in [9.17, 15) is 4.79 Å². The summed E-state index contributed by atoms with van der Waals surface area (Å²) >= 11 is 0. The molecule has 116 valence electrons. The first-order valence-corrected chi connectivity index (χ1v) is 6.87. The Labute approximate surface area is 127 Å². The van der Waals surface area contributed by atoms with Gasteiger partial charge in [-0.3, -0.25) is 4.79 Å². The molecule has 0 saturated carbocycles. The quantitative estimate of drug-likeness (QED) is 0.626. The fourth-order valence-electron chi connectivity index (χ4n) is 1.60. The van der Waals surface area contributed by atoms with E-state index >= 15 is 0 Å². The van der Waals surface area contributed by atoms with Crippen molar-refractivity contribution in [1.82, 2.24) is 10.4 Å². The van der Waals surface area contributed by atoms with Gasteiger partial charge in [-0.05, 0) is 43.7 Å². The molecule has 0 saturated heterocycles. The third-order valence-corrected chi connectivity index (χ3v) is 2.54. The van der Waals surface area contributed by atoms with Crippen molar-refractivity contribution in [3.63, 3.8) is 0 Å². The smallest absolute Gasteiger partial charge is 0.327 e. The van der Waals surface area contributed by atoms with Gasteiger partial charge in [0.05, 0.1) is 19.4 Å². The topological polar surface area (TPSA) is 86.0 Å². The lowest BCUT2D eigenvalue weighted by molar-refractivity contribution is 0.0912. The predicted molar refractivity (Wildman–Crippen MR) is 80.3 cm³/mol. The van der Waals surface area contributed by atoms with Crippen LogP contribution in [0.15, 0.2) is 40.0 Å². The van der Waals surface area contributed by atoms with Crippen LogP contribution in [0.3, 0.4) is 0 Å². The van der Waals surface area contributed by atoms with Crippen molar-refractivity contribution in [3.05, 3.63) is 41.9 Å². The summed E-state index contributed by atoms with van der Waals surface area (Å²) < 4.78 is 15.5. The zero-order valence-corrected chi connectivity index (χ0v) is 12.4. The van der Waals surface area contributed by atoms with E-state index < -0.39 is 5.91 Å². The maximum absolute atomic E-state index is 11.7. The molecular formula is C15H17N3O4. The standard InChI is InChI=1S/C15H17N3O4/c1-3-20-12-7-5-11(6-8-12)9-17-18-14(19)15-16-10-13(22-15)21-4-2/h5-10H,3-4H2,1-2H3,(H,18,19)/b17-9-. The molecule has 0 aliphatic carbocycles. The molecule has 7 heteroatoms. The zero-order chi connectivity index (χ0) is 15.8. The van der Waals surface area contributed by atoms with E-state index in [1.54, 1.807) is 0 Å². The number of nitrogens with one attached hydrogen (secondary N) is 1. The molecule has 7 nitrogen and oxygen atoms in total. The monoisotopic (exact) mass is 303 g/mol. The van der Waals surface area contributed by atoms with Crippen molar-refractivity contribution < 1.29 is 18.7 Å². The molecule has 2 aromatic rings. The average molecular weight is 303 g/mol. The van der Waals surface area contributed by atoms with Crippen LogP contribution in [0.25, 0.3) is 0 Å². The molecule has 0 atom stereocenters. The van der Waals surface area contributed by atoms with Gasteiger partial charge in [0.15, 0.2) is 0 Å². The van der Waals surface area contributed by atoms with Crippen molar-refractivity contribution in [2.24, 2.45) is 5.10 Å². The third kappa shape index (κ3) is 4.34. The number of hydrazone groups is 1. The molecule has 2 rings (SSSR count). The van der Waals surface area contributed by atoms with E-state index in [0.29, 0.717) is 13.2 Å². The Morgan fingerprint density at radius 1 is 1.27 bits per heavy atom. The molecule has 1 N–H and O–H groups in total. The van der Waals surface area contributed by atoms with Gasteiger partial charge in [-0.1, -0.05) is 0 Å². The highest BCUT2D eigenvalue weighted by Crippen LogP contribution is 2.12. The molecular weight excluding hydrogens is 286 g/mol. The van der Waals surface area contributed by atoms with Crippen LogP contribution in [0, 0.1) is 0 Å². The Hall–Kier alpha value is -2.83. The average Bonchev–Trinajstić information content (AvgIpc) is 2.98. The van der Waals surface area contributed by atoms with Crippen LogP contribution < -0.4 is 14.9 Å². The summed E-state index contributed by atoms with van der Waals surface area (Å²) in [5.74, 6) is 0.329. The summed E-state index contributed by atoms with van der Waals surface area (Å²) in [6.45, 7) is 4.78. The fourth-order valence-corrected chi connectivity index (χ4v) is 1.60. The first-order valence-electron chi connectivity index (χ1n) is 6.87. The fraction of sp³-hybridized carbons (Fsp3) is 0.267. The molecule has 0 aliphatic heterocycles. The minimum absolute atomic E-state index is 0.104. The van der Waals surface area contributed by atoms with Crippen LogP contribution in [-0.4, -0.2) is 30.3 Å². The van der Waals surface area contributed by atoms with Crippen LogP contribution in [0.5, 0.6) is 11.7 Å². The molecule has 0 fully saturated rings. The molecule has 1 aromatic carbocycles. The molecule has 0 bridgehead atoms. The number of oxazole rings is 1. The van der Waals surface area contributed by atoms with Crippen molar-refractivity contribution >= 4 is 12.1 Å². The maximum Gasteiger partial charge on any atom is 0.327 e. The van der Waals surface area contributed by atoms with Crippen LogP contribution in [-0.2, 0) is 0 Å². The van der Waals surface area contributed by atoms with Gasteiger partial charge >= 0.3 is 11.9 Å². The Kier molecular flexibility index (Phi) is 5.53. The minimum Gasteiger partial charge on any atom is -0.494 e. The Bertz CT molecular complexity index is 634. The number of ether oxygens (including phenoxy) is 2. The summed E-state index contributed by atoms with van der Waals surface area (Å²) in [7, 11) is 0. The molecule has 0 unspecified atom stereocenters. The van der Waals surface area contributed by atoms with Crippen molar-refractivity contribution in [1.29, 1.82) is 0 Å². The molecule has 1 amide bonds.